The average molecular weight is 142 g/mol. The summed E-state index contributed by atoms with van der Waals surface area (Å²) in [6.45, 7) is 11.0. The summed E-state index contributed by atoms with van der Waals surface area (Å²) in [6.07, 6.45) is 1.24. The fourth-order valence-corrected chi connectivity index (χ4v) is 0.699. The Labute approximate surface area is 65.2 Å². The van der Waals surface area contributed by atoms with Gasteiger partial charge in [-0.2, -0.15) is 0 Å². The highest BCUT2D eigenvalue weighted by Crippen LogP contribution is 1.97. The first kappa shape index (κ1) is 9.96. The second-order valence-electron chi connectivity index (χ2n) is 3.71. The van der Waals surface area contributed by atoms with Gasteiger partial charge in [-0.25, -0.2) is 5.32 Å². The molecule has 0 spiro atoms. The van der Waals surface area contributed by atoms with E-state index in [4.69, 9.17) is 0 Å². The van der Waals surface area contributed by atoms with Gasteiger partial charge in [0, 0.05) is 13.1 Å². The van der Waals surface area contributed by atoms with Crippen LogP contribution >= 0.6 is 0 Å². The molecule has 0 unspecified atom stereocenters. The molecule has 10 heavy (non-hydrogen) atoms. The van der Waals surface area contributed by atoms with Gasteiger partial charge in [0.2, 0.25) is 0 Å². The van der Waals surface area contributed by atoms with Gasteiger partial charge < -0.3 is 0 Å². The van der Waals surface area contributed by atoms with Crippen molar-refractivity contribution in [1.29, 1.82) is 0 Å². The maximum absolute atomic E-state index is 4.41. The van der Waals surface area contributed by atoms with Crippen LogP contribution in [0.1, 0.15) is 34.1 Å². The van der Waals surface area contributed by atoms with E-state index in [1.807, 2.05) is 0 Å². The van der Waals surface area contributed by atoms with Gasteiger partial charge in [0.25, 0.3) is 0 Å². The number of hydrogen-bond acceptors (Lipinski definition) is 0. The molecule has 0 heterocycles. The molecule has 0 rings (SSSR count). The molecule has 0 N–H and O–H groups in total. The van der Waals surface area contributed by atoms with E-state index in [-0.39, 0.29) is 0 Å². The van der Waals surface area contributed by atoms with Gasteiger partial charge in [-0.1, -0.05) is 27.7 Å². The van der Waals surface area contributed by atoms with Crippen molar-refractivity contribution >= 4 is 0 Å². The smallest absolute Gasteiger partial charge is 0.0156 e. The van der Waals surface area contributed by atoms with Crippen LogP contribution in [0.25, 0.3) is 0 Å². The summed E-state index contributed by atoms with van der Waals surface area (Å²) in [5.41, 5.74) is 0. The predicted octanol–water partition coefficient (Wildman–Crippen LogP) is 2.29. The van der Waals surface area contributed by atoms with Gasteiger partial charge in [-0.15, -0.1) is 0 Å². The molecule has 0 aromatic carbocycles. The van der Waals surface area contributed by atoms with Crippen LogP contribution in [0.2, 0.25) is 0 Å². The van der Waals surface area contributed by atoms with Crippen LogP contribution in [0.4, 0.5) is 0 Å². The third-order valence-electron chi connectivity index (χ3n) is 1.36. The van der Waals surface area contributed by atoms with Gasteiger partial charge >= 0.3 is 0 Å². The van der Waals surface area contributed by atoms with E-state index in [1.165, 1.54) is 6.42 Å². The Morgan fingerprint density at radius 2 is 1.60 bits per heavy atom. The Bertz CT molecular complexity index is 57.1. The predicted molar refractivity (Wildman–Crippen MR) is 46.2 cm³/mol. The van der Waals surface area contributed by atoms with E-state index in [1.54, 1.807) is 0 Å². The van der Waals surface area contributed by atoms with E-state index < -0.39 is 0 Å². The van der Waals surface area contributed by atoms with Gasteiger partial charge in [0.1, 0.15) is 0 Å². The monoisotopic (exact) mass is 142 g/mol. The third-order valence-corrected chi connectivity index (χ3v) is 1.36. The molecule has 0 amide bonds. The van der Waals surface area contributed by atoms with E-state index in [0.29, 0.717) is 0 Å². The Hall–Kier alpha value is -0.0400. The van der Waals surface area contributed by atoms with Crippen molar-refractivity contribution in [3.8, 4) is 0 Å². The van der Waals surface area contributed by atoms with Gasteiger partial charge in [-0.05, 0) is 18.3 Å². The fraction of sp³-hybridized carbons (Fsp3) is 1.00. The lowest BCUT2D eigenvalue weighted by Crippen LogP contribution is -2.14. The van der Waals surface area contributed by atoms with Crippen LogP contribution in [0.5, 0.6) is 0 Å². The Morgan fingerprint density at radius 3 is 2.00 bits per heavy atom. The summed E-state index contributed by atoms with van der Waals surface area (Å²) < 4.78 is 0. The molecule has 0 saturated heterocycles. The van der Waals surface area contributed by atoms with E-state index >= 15 is 0 Å². The first-order valence-electron chi connectivity index (χ1n) is 4.26. The van der Waals surface area contributed by atoms with Gasteiger partial charge in [0.15, 0.2) is 0 Å². The zero-order valence-electron chi connectivity index (χ0n) is 7.72. The van der Waals surface area contributed by atoms with Gasteiger partial charge in [-0.3, -0.25) is 0 Å². The van der Waals surface area contributed by atoms with Crippen molar-refractivity contribution in [2.24, 2.45) is 11.8 Å². The van der Waals surface area contributed by atoms with Crippen molar-refractivity contribution in [2.75, 3.05) is 13.1 Å². The first-order valence-corrected chi connectivity index (χ1v) is 4.26. The number of rotatable bonds is 5. The average Bonchev–Trinajstić information content (AvgIpc) is 1.79. The quantitative estimate of drug-likeness (QED) is 0.523. The lowest BCUT2D eigenvalue weighted by Gasteiger charge is -2.06. The summed E-state index contributed by atoms with van der Waals surface area (Å²) in [5.74, 6) is 1.53. The summed E-state index contributed by atoms with van der Waals surface area (Å²) in [4.78, 5) is 0. The highest BCUT2D eigenvalue weighted by Gasteiger charge is 1.95. The van der Waals surface area contributed by atoms with Crippen molar-refractivity contribution in [1.82, 2.24) is 5.32 Å². The molecule has 1 heteroatoms. The molecule has 61 valence electrons. The largest absolute Gasteiger partial charge is 0.242 e. The zero-order chi connectivity index (χ0) is 7.98. The molecule has 0 aliphatic rings. The van der Waals surface area contributed by atoms with Crippen LogP contribution in [-0.2, 0) is 0 Å². The molecule has 0 bridgehead atoms. The summed E-state index contributed by atoms with van der Waals surface area (Å²) >= 11 is 0. The summed E-state index contributed by atoms with van der Waals surface area (Å²) in [7, 11) is 0. The molecule has 1 nitrogen and oxygen atoms in total. The zero-order valence-corrected chi connectivity index (χ0v) is 7.72. The molecule has 0 aliphatic carbocycles. The molecule has 0 aromatic rings. The lowest BCUT2D eigenvalue weighted by atomic mass is 10.1. The molecule has 1 radical (unpaired) electrons. The maximum Gasteiger partial charge on any atom is 0.0156 e. The van der Waals surface area contributed by atoms with Crippen LogP contribution in [0, 0.1) is 11.8 Å². The van der Waals surface area contributed by atoms with Crippen LogP contribution in [0.3, 0.4) is 0 Å². The Kier molecular flexibility index (Phi) is 5.70. The van der Waals surface area contributed by atoms with Crippen molar-refractivity contribution in [2.45, 2.75) is 34.1 Å². The standard InChI is InChI=1S/C9H20N/c1-8(2)5-6-10-7-9(3)4/h8-9H,5-7H2,1-4H3. The minimum Gasteiger partial charge on any atom is -0.242 e. The first-order chi connectivity index (χ1) is 4.63. The second kappa shape index (κ2) is 5.72. The Morgan fingerprint density at radius 1 is 1.00 bits per heavy atom. The van der Waals surface area contributed by atoms with E-state index in [2.05, 4.69) is 33.0 Å². The molecule has 0 atom stereocenters. The van der Waals surface area contributed by atoms with E-state index in [0.717, 1.165) is 24.9 Å². The highest BCUT2D eigenvalue weighted by molar-refractivity contribution is 4.52. The normalized spacial score (nSPS) is 11.4. The van der Waals surface area contributed by atoms with Gasteiger partial charge in [0.05, 0.1) is 0 Å². The van der Waals surface area contributed by atoms with Crippen molar-refractivity contribution < 1.29 is 0 Å². The van der Waals surface area contributed by atoms with E-state index in [9.17, 15) is 0 Å². The van der Waals surface area contributed by atoms with Crippen LogP contribution in [-0.4, -0.2) is 13.1 Å². The molecule has 0 fully saturated rings. The van der Waals surface area contributed by atoms with Crippen molar-refractivity contribution in [3.63, 3.8) is 0 Å². The third kappa shape index (κ3) is 7.96. The molecule has 0 saturated carbocycles. The minimum absolute atomic E-state index is 0.729. The van der Waals surface area contributed by atoms with Crippen LogP contribution < -0.4 is 5.32 Å². The number of nitrogens with zero attached hydrogens (tertiary/aromatic N) is 1. The molecular weight excluding hydrogens is 122 g/mol. The molecule has 0 aromatic heterocycles. The summed E-state index contributed by atoms with van der Waals surface area (Å²) in [6, 6.07) is 0. The minimum atomic E-state index is 0.729. The lowest BCUT2D eigenvalue weighted by molar-refractivity contribution is 0.491. The number of hydrogen-bond donors (Lipinski definition) is 0. The summed E-state index contributed by atoms with van der Waals surface area (Å²) in [5, 5.41) is 4.41. The molecular formula is C9H20N. The van der Waals surface area contributed by atoms with Crippen LogP contribution in [0.15, 0.2) is 0 Å². The fourth-order valence-electron chi connectivity index (χ4n) is 0.699. The Balaban J connectivity index is 2.91. The second-order valence-corrected chi connectivity index (χ2v) is 3.71. The topological polar surface area (TPSA) is 14.1 Å². The highest BCUT2D eigenvalue weighted by atomic mass is 14.8. The SMILES string of the molecule is CC(C)CC[N]CC(C)C. The van der Waals surface area contributed by atoms with Crippen molar-refractivity contribution in [3.05, 3.63) is 0 Å². The maximum atomic E-state index is 4.41. The molecule has 0 aliphatic heterocycles.